The minimum atomic E-state index is -0.209. The van der Waals surface area contributed by atoms with Crippen LogP contribution in [0.3, 0.4) is 0 Å². The molecule has 0 radical (unpaired) electrons. The van der Waals surface area contributed by atoms with E-state index in [0.29, 0.717) is 46.8 Å². The van der Waals surface area contributed by atoms with Crippen molar-refractivity contribution in [2.45, 2.75) is 97.7 Å². The maximum Gasteiger partial charge on any atom is 0.0605 e. The number of aliphatic hydroxyl groups is 2. The Hall–Kier alpha value is -1.90. The molecule has 6 rings (SSSR count). The largest absolute Gasteiger partial charge is 0.393 e. The molecule has 4 unspecified atom stereocenters. The zero-order valence-electron chi connectivity index (χ0n) is 25.3. The maximum absolute atomic E-state index is 12.0. The Bertz CT molecular complexity index is 1130. The van der Waals surface area contributed by atoms with E-state index in [-0.39, 0.29) is 17.6 Å². The van der Waals surface area contributed by atoms with E-state index in [1.807, 2.05) is 0 Å². The van der Waals surface area contributed by atoms with Crippen molar-refractivity contribution in [2.24, 2.45) is 52.3 Å². The number of benzene rings is 2. The highest BCUT2D eigenvalue weighted by Gasteiger charge is 2.64. The van der Waals surface area contributed by atoms with Crippen LogP contribution in [0, 0.1) is 52.3 Å². The van der Waals surface area contributed by atoms with Gasteiger partial charge in [0.2, 0.25) is 0 Å². The van der Waals surface area contributed by atoms with Gasteiger partial charge in [-0.25, -0.2) is 0 Å². The zero-order valence-corrected chi connectivity index (χ0v) is 25.3. The summed E-state index contributed by atoms with van der Waals surface area (Å²) in [6.07, 6.45) is 12.4. The van der Waals surface area contributed by atoms with Crippen LogP contribution in [0.4, 0.5) is 0 Å². The van der Waals surface area contributed by atoms with E-state index in [1.54, 1.807) is 0 Å². The molecule has 0 aliphatic heterocycles. The van der Waals surface area contributed by atoms with E-state index in [2.05, 4.69) is 94.4 Å². The molecule has 4 fully saturated rings. The van der Waals surface area contributed by atoms with Crippen LogP contribution in [-0.2, 0) is 0 Å². The summed E-state index contributed by atoms with van der Waals surface area (Å²) in [5.41, 5.74) is 4.53. The molecule has 0 bridgehead atoms. The molecule has 40 heavy (non-hydrogen) atoms. The monoisotopic (exact) mass is 540 g/mol. The van der Waals surface area contributed by atoms with Gasteiger partial charge in [0.1, 0.15) is 0 Å². The molecule has 2 N–H and O–H groups in total. The first-order valence-corrected chi connectivity index (χ1v) is 16.4. The van der Waals surface area contributed by atoms with Gasteiger partial charge in [-0.15, -0.1) is 0 Å². The minimum absolute atomic E-state index is 0.175. The lowest BCUT2D eigenvalue weighted by molar-refractivity contribution is -0.203. The summed E-state index contributed by atoms with van der Waals surface area (Å²) in [5, 5.41) is 22.6. The van der Waals surface area contributed by atoms with Gasteiger partial charge in [-0.1, -0.05) is 101 Å². The van der Waals surface area contributed by atoms with Crippen LogP contribution in [0.15, 0.2) is 66.7 Å². The molecule has 4 saturated carbocycles. The summed E-state index contributed by atoms with van der Waals surface area (Å²) in [4.78, 5) is 0. The van der Waals surface area contributed by atoms with Gasteiger partial charge in [-0.05, 0) is 120 Å². The molecule has 2 aromatic carbocycles. The third-order valence-corrected chi connectivity index (χ3v) is 13.0. The molecule has 0 spiro atoms. The average molecular weight is 541 g/mol. The summed E-state index contributed by atoms with van der Waals surface area (Å²) in [5.74, 6) is 3.78. The van der Waals surface area contributed by atoms with E-state index >= 15 is 0 Å². The fourth-order valence-electron chi connectivity index (χ4n) is 11.0. The molecule has 0 saturated heterocycles. The summed E-state index contributed by atoms with van der Waals surface area (Å²) < 4.78 is 0. The molecule has 2 nitrogen and oxygen atoms in total. The Morgan fingerprint density at radius 2 is 1.43 bits per heavy atom. The second-order valence-corrected chi connectivity index (χ2v) is 14.7. The number of aliphatic hydroxyl groups excluding tert-OH is 2. The molecule has 216 valence electrons. The van der Waals surface area contributed by atoms with Crippen molar-refractivity contribution >= 4 is 5.57 Å². The molecule has 4 aliphatic rings. The van der Waals surface area contributed by atoms with Crippen molar-refractivity contribution in [1.29, 1.82) is 0 Å². The Balaban J connectivity index is 1.26. The minimum Gasteiger partial charge on any atom is -0.393 e. The van der Waals surface area contributed by atoms with E-state index < -0.39 is 0 Å². The van der Waals surface area contributed by atoms with Crippen LogP contribution in [-0.4, -0.2) is 22.4 Å². The third-order valence-electron chi connectivity index (χ3n) is 13.0. The van der Waals surface area contributed by atoms with Crippen LogP contribution in [0.1, 0.15) is 96.6 Å². The lowest BCUT2D eigenvalue weighted by Gasteiger charge is -2.64. The van der Waals surface area contributed by atoms with Crippen molar-refractivity contribution in [3.63, 3.8) is 0 Å². The average Bonchev–Trinajstić information content (AvgIpc) is 3.32. The highest BCUT2D eigenvalue weighted by atomic mass is 16.3. The van der Waals surface area contributed by atoms with Gasteiger partial charge in [0.15, 0.2) is 0 Å². The van der Waals surface area contributed by atoms with Crippen LogP contribution in [0.2, 0.25) is 0 Å². The molecular formula is C38H52O2. The van der Waals surface area contributed by atoms with E-state index in [1.165, 1.54) is 42.4 Å². The quantitative estimate of drug-likeness (QED) is 0.384. The predicted molar refractivity (Wildman–Crippen MR) is 166 cm³/mol. The second kappa shape index (κ2) is 11.1. The summed E-state index contributed by atoms with van der Waals surface area (Å²) in [6, 6.07) is 21.8. The van der Waals surface area contributed by atoms with E-state index in [0.717, 1.165) is 32.1 Å². The Kier molecular flexibility index (Phi) is 7.81. The van der Waals surface area contributed by atoms with Gasteiger partial charge in [0, 0.05) is 0 Å². The molecular weight excluding hydrogens is 488 g/mol. The SMILES string of the molecule is CC[C@@H]1C2C[C@H](O)CC[C@]2(C)C2CC[C@@]3(C)C(CC[C@@H]3[C@H](C)CC=C(c3ccccc3)c3ccccc3)C2[C@@H]1O. The van der Waals surface area contributed by atoms with Gasteiger partial charge in [-0.3, -0.25) is 0 Å². The molecule has 0 heterocycles. The fraction of sp³-hybridized carbons (Fsp3) is 0.632. The lowest BCUT2D eigenvalue weighted by atomic mass is 9.41. The van der Waals surface area contributed by atoms with Crippen LogP contribution >= 0.6 is 0 Å². The van der Waals surface area contributed by atoms with Crippen LogP contribution in [0.25, 0.3) is 5.57 Å². The van der Waals surface area contributed by atoms with Crippen molar-refractivity contribution < 1.29 is 10.2 Å². The highest BCUT2D eigenvalue weighted by molar-refractivity contribution is 5.79. The standard InChI is InChI=1S/C38H52O2/c1-5-29-34-24-28(39)20-22-38(34,4)33-21-23-37(3)31(18-19-32(37)35(33)36(29)40)25(2)16-17-30(26-12-8-6-9-13-26)27-14-10-7-11-15-27/h6-15,17,25,28-29,31-36,39-40H,5,16,18-24H2,1-4H3/t25-,28-,29-,31-,32?,33?,34?,35?,36-,37-,38-/m1/s1. The molecule has 0 aromatic heterocycles. The smallest absolute Gasteiger partial charge is 0.0605 e. The number of rotatable bonds is 6. The fourth-order valence-corrected chi connectivity index (χ4v) is 11.0. The zero-order chi connectivity index (χ0) is 28.1. The van der Waals surface area contributed by atoms with Gasteiger partial charge in [0.05, 0.1) is 12.2 Å². The Labute approximate surface area is 243 Å². The van der Waals surface area contributed by atoms with E-state index in [9.17, 15) is 10.2 Å². The van der Waals surface area contributed by atoms with Crippen molar-refractivity contribution in [3.8, 4) is 0 Å². The summed E-state index contributed by atoms with van der Waals surface area (Å²) >= 11 is 0. The van der Waals surface area contributed by atoms with Crippen LogP contribution in [0.5, 0.6) is 0 Å². The van der Waals surface area contributed by atoms with Crippen LogP contribution < -0.4 is 0 Å². The number of hydrogen-bond acceptors (Lipinski definition) is 2. The molecule has 2 aromatic rings. The molecule has 0 amide bonds. The first-order valence-electron chi connectivity index (χ1n) is 16.4. The maximum atomic E-state index is 12.0. The van der Waals surface area contributed by atoms with Crippen molar-refractivity contribution in [3.05, 3.63) is 77.9 Å². The predicted octanol–water partition coefficient (Wildman–Crippen LogP) is 8.77. The normalized spacial score (nSPS) is 41.4. The molecule has 4 aliphatic carbocycles. The summed E-state index contributed by atoms with van der Waals surface area (Å²) in [6.45, 7) is 9.93. The van der Waals surface area contributed by atoms with Gasteiger partial charge >= 0.3 is 0 Å². The van der Waals surface area contributed by atoms with Gasteiger partial charge < -0.3 is 10.2 Å². The second-order valence-electron chi connectivity index (χ2n) is 14.7. The van der Waals surface area contributed by atoms with Gasteiger partial charge in [0.25, 0.3) is 0 Å². The first-order chi connectivity index (χ1) is 19.3. The number of hydrogen-bond donors (Lipinski definition) is 2. The van der Waals surface area contributed by atoms with Crippen molar-refractivity contribution in [2.75, 3.05) is 0 Å². The number of allylic oxidation sites excluding steroid dienone is 1. The Morgan fingerprint density at radius 1 is 0.825 bits per heavy atom. The van der Waals surface area contributed by atoms with E-state index in [4.69, 9.17) is 0 Å². The summed E-state index contributed by atoms with van der Waals surface area (Å²) in [7, 11) is 0. The Morgan fingerprint density at radius 3 is 2.05 bits per heavy atom. The topological polar surface area (TPSA) is 40.5 Å². The number of fused-ring (bicyclic) bond motifs is 5. The molecule has 2 heteroatoms. The van der Waals surface area contributed by atoms with Crippen molar-refractivity contribution in [1.82, 2.24) is 0 Å². The highest BCUT2D eigenvalue weighted by Crippen LogP contribution is 2.69. The third kappa shape index (κ3) is 4.62. The van der Waals surface area contributed by atoms with Gasteiger partial charge in [-0.2, -0.15) is 0 Å². The molecule has 11 atom stereocenters. The first kappa shape index (κ1) is 28.2. The lowest BCUT2D eigenvalue weighted by Crippen LogP contribution is -2.62.